The molecule has 1 heterocycles. The molecule has 0 spiro atoms. The minimum Gasteiger partial charge on any atom is -0.339 e. The molecule has 0 saturated carbocycles. The lowest BCUT2D eigenvalue weighted by atomic mass is 10.2. The Bertz CT molecular complexity index is 711. The molecule has 0 N–H and O–H groups in total. The number of rotatable bonds is 7. The number of amides is 2. The molecule has 26 heavy (non-hydrogen) atoms. The molecule has 0 atom stereocenters. The number of hydrogen-bond donors (Lipinski definition) is 0. The first-order chi connectivity index (χ1) is 12.3. The van der Waals surface area contributed by atoms with Gasteiger partial charge in [0.25, 0.3) is 0 Å². The predicted molar refractivity (Wildman–Crippen MR) is 99.4 cm³/mol. The van der Waals surface area contributed by atoms with E-state index in [-0.39, 0.29) is 28.9 Å². The molecule has 0 aliphatic carbocycles. The number of nitrogens with zero attached hydrogens (tertiary/aromatic N) is 3. The molecule has 0 aromatic heterocycles. The molecule has 1 fully saturated rings. The lowest BCUT2D eigenvalue weighted by molar-refractivity contribution is -0.139. The fourth-order valence-corrected chi connectivity index (χ4v) is 4.06. The first-order valence-electron chi connectivity index (χ1n) is 8.77. The van der Waals surface area contributed by atoms with Crippen LogP contribution >= 0.6 is 0 Å². The average molecular weight is 381 g/mol. The van der Waals surface area contributed by atoms with E-state index in [1.807, 2.05) is 19.0 Å². The minimum atomic E-state index is -3.45. The van der Waals surface area contributed by atoms with E-state index in [9.17, 15) is 18.0 Å². The van der Waals surface area contributed by atoms with E-state index >= 15 is 0 Å². The van der Waals surface area contributed by atoms with Crippen molar-refractivity contribution in [3.05, 3.63) is 30.3 Å². The van der Waals surface area contributed by atoms with Crippen LogP contribution in [0, 0.1) is 0 Å². The van der Waals surface area contributed by atoms with Crippen LogP contribution in [0.5, 0.6) is 0 Å². The Morgan fingerprint density at radius 3 is 1.92 bits per heavy atom. The molecule has 0 unspecified atom stereocenters. The summed E-state index contributed by atoms with van der Waals surface area (Å²) in [4.78, 5) is 30.1. The van der Waals surface area contributed by atoms with Crippen LogP contribution in [0.4, 0.5) is 0 Å². The third kappa shape index (κ3) is 5.81. The van der Waals surface area contributed by atoms with Crippen molar-refractivity contribution in [2.24, 2.45) is 0 Å². The molecular formula is C18H27N3O4S. The summed E-state index contributed by atoms with van der Waals surface area (Å²) in [5, 5.41) is 0. The highest BCUT2D eigenvalue weighted by Crippen LogP contribution is 2.13. The molecule has 2 amide bonds. The highest BCUT2D eigenvalue weighted by atomic mass is 32.2. The maximum Gasteiger partial charge on any atom is 0.223 e. The maximum absolute atomic E-state index is 12.3. The van der Waals surface area contributed by atoms with Crippen molar-refractivity contribution in [2.75, 3.05) is 52.6 Å². The number of carbonyl (C=O) groups is 2. The second-order valence-corrected chi connectivity index (χ2v) is 8.81. The van der Waals surface area contributed by atoms with Crippen LogP contribution in [0.2, 0.25) is 0 Å². The zero-order valence-corrected chi connectivity index (χ0v) is 16.2. The SMILES string of the molecule is CN(C)CCC(=O)N1CCN(C(=O)CCS(=O)(=O)c2ccccc2)CC1. The van der Waals surface area contributed by atoms with Crippen molar-refractivity contribution in [1.82, 2.24) is 14.7 Å². The summed E-state index contributed by atoms with van der Waals surface area (Å²) in [5.74, 6) is -0.278. The van der Waals surface area contributed by atoms with E-state index < -0.39 is 9.84 Å². The van der Waals surface area contributed by atoms with Gasteiger partial charge >= 0.3 is 0 Å². The molecule has 144 valence electrons. The molecule has 1 aromatic carbocycles. The van der Waals surface area contributed by atoms with E-state index in [4.69, 9.17) is 0 Å². The van der Waals surface area contributed by atoms with Gasteiger partial charge in [-0.3, -0.25) is 9.59 Å². The molecular weight excluding hydrogens is 354 g/mol. The van der Waals surface area contributed by atoms with Gasteiger partial charge in [0.1, 0.15) is 0 Å². The average Bonchev–Trinajstić information content (AvgIpc) is 2.65. The van der Waals surface area contributed by atoms with Gasteiger partial charge in [0.05, 0.1) is 10.6 Å². The van der Waals surface area contributed by atoms with Crippen LogP contribution in [0.1, 0.15) is 12.8 Å². The number of benzene rings is 1. The van der Waals surface area contributed by atoms with Crippen LogP contribution in [0.25, 0.3) is 0 Å². The number of sulfone groups is 1. The summed E-state index contributed by atoms with van der Waals surface area (Å²) in [7, 11) is 0.398. The summed E-state index contributed by atoms with van der Waals surface area (Å²) in [5.41, 5.74) is 0. The minimum absolute atomic E-state index is 0.0359. The standard InChI is InChI=1S/C18H27N3O4S/c1-19(2)10-8-17(22)20-11-13-21(14-12-20)18(23)9-15-26(24,25)16-6-4-3-5-7-16/h3-7H,8-15H2,1-2H3. The third-order valence-corrected chi connectivity index (χ3v) is 6.18. The van der Waals surface area contributed by atoms with Gasteiger partial charge in [-0.15, -0.1) is 0 Å². The highest BCUT2D eigenvalue weighted by molar-refractivity contribution is 7.91. The Labute approximate surface area is 155 Å². The van der Waals surface area contributed by atoms with Crippen LogP contribution in [-0.2, 0) is 19.4 Å². The summed E-state index contributed by atoms with van der Waals surface area (Å²) in [6.45, 7) is 2.62. The quantitative estimate of drug-likeness (QED) is 0.686. The topological polar surface area (TPSA) is 78.0 Å². The van der Waals surface area contributed by atoms with Gasteiger partial charge in [0, 0.05) is 45.6 Å². The Hall–Kier alpha value is -1.93. The molecule has 2 rings (SSSR count). The van der Waals surface area contributed by atoms with Gasteiger partial charge in [0.15, 0.2) is 9.84 Å². The second-order valence-electron chi connectivity index (χ2n) is 6.70. The van der Waals surface area contributed by atoms with Crippen molar-refractivity contribution in [3.8, 4) is 0 Å². The van der Waals surface area contributed by atoms with Crippen LogP contribution in [0.15, 0.2) is 35.2 Å². The zero-order chi connectivity index (χ0) is 19.2. The summed E-state index contributed by atoms with van der Waals surface area (Å²) >= 11 is 0. The fourth-order valence-electron chi connectivity index (χ4n) is 2.81. The van der Waals surface area contributed by atoms with Crippen molar-refractivity contribution >= 4 is 21.7 Å². The lowest BCUT2D eigenvalue weighted by Crippen LogP contribution is -2.51. The van der Waals surface area contributed by atoms with Crippen LogP contribution in [0.3, 0.4) is 0 Å². The Balaban J connectivity index is 1.79. The molecule has 1 saturated heterocycles. The van der Waals surface area contributed by atoms with Gasteiger partial charge < -0.3 is 14.7 Å². The first-order valence-corrected chi connectivity index (χ1v) is 10.4. The lowest BCUT2D eigenvalue weighted by Gasteiger charge is -2.35. The molecule has 0 bridgehead atoms. The van der Waals surface area contributed by atoms with E-state index in [0.717, 1.165) is 0 Å². The fraction of sp³-hybridized carbons (Fsp3) is 0.556. The largest absolute Gasteiger partial charge is 0.339 e. The first kappa shape index (κ1) is 20.4. The van der Waals surface area contributed by atoms with Crippen molar-refractivity contribution in [2.45, 2.75) is 17.7 Å². The van der Waals surface area contributed by atoms with Crippen molar-refractivity contribution < 1.29 is 18.0 Å². The number of piperazine rings is 1. The van der Waals surface area contributed by atoms with E-state index in [1.54, 1.807) is 28.0 Å². The monoisotopic (exact) mass is 381 g/mol. The van der Waals surface area contributed by atoms with Gasteiger partial charge in [-0.05, 0) is 26.2 Å². The Morgan fingerprint density at radius 1 is 0.923 bits per heavy atom. The van der Waals surface area contributed by atoms with Crippen molar-refractivity contribution in [1.29, 1.82) is 0 Å². The molecule has 8 heteroatoms. The highest BCUT2D eigenvalue weighted by Gasteiger charge is 2.25. The molecule has 1 aliphatic heterocycles. The third-order valence-electron chi connectivity index (χ3n) is 4.44. The number of carbonyl (C=O) groups excluding carboxylic acids is 2. The van der Waals surface area contributed by atoms with Crippen LogP contribution < -0.4 is 0 Å². The van der Waals surface area contributed by atoms with Gasteiger partial charge in [-0.1, -0.05) is 18.2 Å². The maximum atomic E-state index is 12.3. The Morgan fingerprint density at radius 2 is 1.42 bits per heavy atom. The summed E-state index contributed by atoms with van der Waals surface area (Å²) < 4.78 is 24.5. The van der Waals surface area contributed by atoms with Crippen LogP contribution in [-0.4, -0.2) is 87.5 Å². The summed E-state index contributed by atoms with van der Waals surface area (Å²) in [6.07, 6.45) is 0.433. The van der Waals surface area contributed by atoms with Gasteiger partial charge in [-0.25, -0.2) is 8.42 Å². The van der Waals surface area contributed by atoms with Gasteiger partial charge in [-0.2, -0.15) is 0 Å². The van der Waals surface area contributed by atoms with E-state index in [2.05, 4.69) is 0 Å². The Kier molecular flexibility index (Phi) is 7.16. The molecule has 1 aromatic rings. The molecule has 7 nitrogen and oxygen atoms in total. The summed E-state index contributed by atoms with van der Waals surface area (Å²) in [6, 6.07) is 8.17. The number of hydrogen-bond acceptors (Lipinski definition) is 5. The zero-order valence-electron chi connectivity index (χ0n) is 15.4. The second kappa shape index (κ2) is 9.14. The van der Waals surface area contributed by atoms with E-state index in [1.165, 1.54) is 12.1 Å². The van der Waals surface area contributed by atoms with Crippen molar-refractivity contribution in [3.63, 3.8) is 0 Å². The normalized spacial score (nSPS) is 15.3. The molecule has 1 aliphatic rings. The molecule has 0 radical (unpaired) electrons. The van der Waals surface area contributed by atoms with E-state index in [0.29, 0.717) is 39.1 Å². The van der Waals surface area contributed by atoms with Gasteiger partial charge in [0.2, 0.25) is 11.8 Å². The smallest absolute Gasteiger partial charge is 0.223 e. The predicted octanol–water partition coefficient (Wildman–Crippen LogP) is 0.473.